The first-order valence-corrected chi connectivity index (χ1v) is 6.10. The second-order valence-electron chi connectivity index (χ2n) is 4.74. The van der Waals surface area contributed by atoms with E-state index in [2.05, 4.69) is 15.3 Å². The minimum Gasteiger partial charge on any atom is -0.346 e. The summed E-state index contributed by atoms with van der Waals surface area (Å²) in [6, 6.07) is 0.309. The second-order valence-corrected chi connectivity index (χ2v) is 4.74. The molecule has 1 saturated carbocycles. The lowest BCUT2D eigenvalue weighted by atomic mass is 10.2. The fraction of sp³-hybridized carbons (Fsp3) is 0.500. The maximum absolute atomic E-state index is 11.9. The van der Waals surface area contributed by atoms with Gasteiger partial charge in [0.2, 0.25) is 5.91 Å². The van der Waals surface area contributed by atoms with Crippen molar-refractivity contribution in [2.24, 2.45) is 0 Å². The second kappa shape index (κ2) is 4.36. The molecule has 1 unspecified atom stereocenters. The van der Waals surface area contributed by atoms with Crippen LogP contribution in [0.1, 0.15) is 29.8 Å². The minimum atomic E-state index is -0.265. The molecular weight excluding hydrogens is 232 g/mol. The summed E-state index contributed by atoms with van der Waals surface area (Å²) in [7, 11) is 0. The summed E-state index contributed by atoms with van der Waals surface area (Å²) in [5, 5.41) is 2.83. The molecule has 2 amide bonds. The van der Waals surface area contributed by atoms with Gasteiger partial charge in [0.25, 0.3) is 5.91 Å². The van der Waals surface area contributed by atoms with Crippen molar-refractivity contribution in [1.29, 1.82) is 0 Å². The molecule has 0 bridgehead atoms. The number of rotatable bonds is 3. The van der Waals surface area contributed by atoms with Gasteiger partial charge in [-0.05, 0) is 12.8 Å². The van der Waals surface area contributed by atoms with Crippen LogP contribution in [-0.2, 0) is 4.79 Å². The van der Waals surface area contributed by atoms with Crippen molar-refractivity contribution >= 4 is 11.8 Å². The van der Waals surface area contributed by atoms with E-state index in [0.29, 0.717) is 19.0 Å². The molecule has 0 aromatic carbocycles. The van der Waals surface area contributed by atoms with E-state index in [-0.39, 0.29) is 23.6 Å². The molecule has 6 nitrogen and oxygen atoms in total. The van der Waals surface area contributed by atoms with Crippen LogP contribution < -0.4 is 5.32 Å². The summed E-state index contributed by atoms with van der Waals surface area (Å²) in [6.45, 7) is 0.621. The molecule has 1 aliphatic heterocycles. The van der Waals surface area contributed by atoms with Gasteiger partial charge in [0.1, 0.15) is 5.69 Å². The van der Waals surface area contributed by atoms with Crippen LogP contribution in [0.4, 0.5) is 0 Å². The lowest BCUT2D eigenvalue weighted by Gasteiger charge is -2.15. The maximum Gasteiger partial charge on any atom is 0.271 e. The van der Waals surface area contributed by atoms with Crippen LogP contribution >= 0.6 is 0 Å². The number of hydrogen-bond acceptors (Lipinski definition) is 4. The average molecular weight is 246 g/mol. The molecule has 1 saturated heterocycles. The standard InChI is InChI=1S/C12H14N4O2/c17-11-5-8(7-16(11)9-1-2-9)15-12(18)10-6-13-3-4-14-10/h3-4,6,8-9H,1-2,5,7H2,(H,15,18). The molecule has 1 atom stereocenters. The van der Waals surface area contributed by atoms with Crippen molar-refractivity contribution in [2.45, 2.75) is 31.3 Å². The third-order valence-electron chi connectivity index (χ3n) is 3.28. The Kier molecular flexibility index (Phi) is 2.70. The normalized spacial score (nSPS) is 23.2. The number of nitrogens with one attached hydrogen (secondary N) is 1. The van der Waals surface area contributed by atoms with Crippen molar-refractivity contribution < 1.29 is 9.59 Å². The number of carbonyl (C=O) groups excluding carboxylic acids is 2. The number of likely N-dealkylation sites (tertiary alicyclic amines) is 1. The Morgan fingerprint density at radius 2 is 2.22 bits per heavy atom. The Hall–Kier alpha value is -1.98. The molecule has 1 aromatic rings. The SMILES string of the molecule is O=C(NC1CC(=O)N(C2CC2)C1)c1cnccn1. The highest BCUT2D eigenvalue weighted by Gasteiger charge is 2.39. The minimum absolute atomic E-state index is 0.104. The first-order valence-electron chi connectivity index (χ1n) is 6.10. The summed E-state index contributed by atoms with van der Waals surface area (Å²) in [5.74, 6) is -0.125. The van der Waals surface area contributed by atoms with Crippen molar-refractivity contribution in [3.63, 3.8) is 0 Å². The van der Waals surface area contributed by atoms with Crippen molar-refractivity contribution in [2.75, 3.05) is 6.54 Å². The van der Waals surface area contributed by atoms with Crippen LogP contribution in [0, 0.1) is 0 Å². The fourth-order valence-electron chi connectivity index (χ4n) is 2.24. The van der Waals surface area contributed by atoms with Crippen LogP contribution in [-0.4, -0.2) is 45.3 Å². The van der Waals surface area contributed by atoms with Crippen LogP contribution in [0.3, 0.4) is 0 Å². The zero-order chi connectivity index (χ0) is 12.5. The number of hydrogen-bond donors (Lipinski definition) is 1. The Balaban J connectivity index is 1.61. The van der Waals surface area contributed by atoms with E-state index in [1.165, 1.54) is 18.6 Å². The van der Waals surface area contributed by atoms with Crippen LogP contribution in [0.2, 0.25) is 0 Å². The number of carbonyl (C=O) groups is 2. The van der Waals surface area contributed by atoms with Gasteiger partial charge in [-0.2, -0.15) is 0 Å². The summed E-state index contributed by atoms with van der Waals surface area (Å²) >= 11 is 0. The molecule has 0 radical (unpaired) electrons. The molecule has 1 N–H and O–H groups in total. The zero-order valence-corrected chi connectivity index (χ0v) is 9.87. The highest BCUT2D eigenvalue weighted by molar-refractivity contribution is 5.93. The first-order chi connectivity index (χ1) is 8.74. The third-order valence-corrected chi connectivity index (χ3v) is 3.28. The predicted molar refractivity (Wildman–Crippen MR) is 62.6 cm³/mol. The van der Waals surface area contributed by atoms with E-state index in [1.54, 1.807) is 0 Å². The van der Waals surface area contributed by atoms with E-state index < -0.39 is 0 Å². The summed E-state index contributed by atoms with van der Waals surface area (Å²) in [4.78, 5) is 33.2. The van der Waals surface area contributed by atoms with Gasteiger partial charge in [-0.3, -0.25) is 14.6 Å². The van der Waals surface area contributed by atoms with Crippen molar-refractivity contribution in [1.82, 2.24) is 20.2 Å². The van der Waals surface area contributed by atoms with Gasteiger partial charge in [-0.25, -0.2) is 4.98 Å². The van der Waals surface area contributed by atoms with E-state index in [1.807, 2.05) is 4.90 Å². The molecule has 1 aromatic heterocycles. The molecule has 3 rings (SSSR count). The maximum atomic E-state index is 11.9. The molecule has 6 heteroatoms. The summed E-state index contributed by atoms with van der Waals surface area (Å²) < 4.78 is 0. The Morgan fingerprint density at radius 1 is 1.39 bits per heavy atom. The molecule has 2 fully saturated rings. The lowest BCUT2D eigenvalue weighted by Crippen LogP contribution is -2.38. The van der Waals surface area contributed by atoms with Crippen LogP contribution in [0.25, 0.3) is 0 Å². The molecule has 2 aliphatic rings. The monoisotopic (exact) mass is 246 g/mol. The summed E-state index contributed by atoms with van der Waals surface area (Å²) in [5.41, 5.74) is 0.287. The first kappa shape index (κ1) is 11.1. The van der Waals surface area contributed by atoms with E-state index in [9.17, 15) is 9.59 Å². The van der Waals surface area contributed by atoms with Crippen molar-refractivity contribution in [3.8, 4) is 0 Å². The lowest BCUT2D eigenvalue weighted by molar-refractivity contribution is -0.128. The van der Waals surface area contributed by atoms with Gasteiger partial charge in [0.05, 0.1) is 12.2 Å². The molecule has 18 heavy (non-hydrogen) atoms. The molecule has 1 aliphatic carbocycles. The van der Waals surface area contributed by atoms with Gasteiger partial charge in [-0.15, -0.1) is 0 Å². The van der Waals surface area contributed by atoms with Crippen molar-refractivity contribution in [3.05, 3.63) is 24.3 Å². The quantitative estimate of drug-likeness (QED) is 0.812. The van der Waals surface area contributed by atoms with Gasteiger partial charge in [0, 0.05) is 31.4 Å². The number of nitrogens with zero attached hydrogens (tertiary/aromatic N) is 3. The Morgan fingerprint density at radius 3 is 2.89 bits per heavy atom. The molecular formula is C12H14N4O2. The largest absolute Gasteiger partial charge is 0.346 e. The average Bonchev–Trinajstić information content (AvgIpc) is 3.15. The predicted octanol–water partition coefficient (Wildman–Crippen LogP) is -0.0303. The Labute approximate surface area is 104 Å². The topological polar surface area (TPSA) is 75.2 Å². The van der Waals surface area contributed by atoms with E-state index in [0.717, 1.165) is 12.8 Å². The smallest absolute Gasteiger partial charge is 0.271 e. The van der Waals surface area contributed by atoms with E-state index >= 15 is 0 Å². The number of aromatic nitrogens is 2. The van der Waals surface area contributed by atoms with E-state index in [4.69, 9.17) is 0 Å². The molecule has 94 valence electrons. The van der Waals surface area contributed by atoms with Gasteiger partial charge < -0.3 is 10.2 Å². The third kappa shape index (κ3) is 2.18. The molecule has 2 heterocycles. The molecule has 0 spiro atoms. The van der Waals surface area contributed by atoms with Gasteiger partial charge in [0.15, 0.2) is 0 Å². The van der Waals surface area contributed by atoms with Crippen LogP contribution in [0.5, 0.6) is 0 Å². The fourth-order valence-corrected chi connectivity index (χ4v) is 2.24. The highest BCUT2D eigenvalue weighted by atomic mass is 16.2. The van der Waals surface area contributed by atoms with Gasteiger partial charge in [-0.1, -0.05) is 0 Å². The van der Waals surface area contributed by atoms with Crippen LogP contribution in [0.15, 0.2) is 18.6 Å². The number of amides is 2. The Bertz CT molecular complexity index is 472. The summed E-state index contributed by atoms with van der Waals surface area (Å²) in [6.07, 6.45) is 7.00. The highest BCUT2D eigenvalue weighted by Crippen LogP contribution is 2.30. The zero-order valence-electron chi connectivity index (χ0n) is 9.87. The van der Waals surface area contributed by atoms with Gasteiger partial charge >= 0.3 is 0 Å².